The van der Waals surface area contributed by atoms with E-state index in [0.29, 0.717) is 5.56 Å². The Balaban J connectivity index is 2.19. The highest BCUT2D eigenvalue weighted by Crippen LogP contribution is 2.41. The van der Waals surface area contributed by atoms with Crippen LogP contribution in [0.4, 0.5) is 0 Å². The van der Waals surface area contributed by atoms with Crippen LogP contribution in [0.5, 0.6) is 0 Å². The van der Waals surface area contributed by atoms with Crippen LogP contribution in [0.25, 0.3) is 5.69 Å². The first kappa shape index (κ1) is 14.4. The van der Waals surface area contributed by atoms with Gasteiger partial charge in [-0.1, -0.05) is 29.8 Å². The van der Waals surface area contributed by atoms with Gasteiger partial charge in [-0.3, -0.25) is 0 Å². The molecule has 2 aromatic rings. The molecule has 1 aliphatic carbocycles. The lowest BCUT2D eigenvalue weighted by Gasteiger charge is -2.34. The highest BCUT2D eigenvalue weighted by atomic mass is 79.9. The second kappa shape index (κ2) is 5.01. The van der Waals surface area contributed by atoms with Crippen LogP contribution in [0.1, 0.15) is 43.1 Å². The van der Waals surface area contributed by atoms with Crippen LogP contribution in [0.15, 0.2) is 34.9 Å². The lowest BCUT2D eigenvalue weighted by molar-refractivity contribution is 0.278. The van der Waals surface area contributed by atoms with E-state index in [1.54, 1.807) is 0 Å². The minimum absolute atomic E-state index is 0.0719. The van der Waals surface area contributed by atoms with Gasteiger partial charge in [0.25, 0.3) is 0 Å². The van der Waals surface area contributed by atoms with Gasteiger partial charge in [-0.15, -0.1) is 0 Å². The zero-order valence-corrected chi connectivity index (χ0v) is 13.8. The van der Waals surface area contributed by atoms with Gasteiger partial charge in [0.1, 0.15) is 6.07 Å². The Morgan fingerprint density at radius 1 is 1.38 bits per heavy atom. The molecular weight excluding hydrogens is 326 g/mol. The minimum atomic E-state index is 0.0719. The molecule has 0 saturated heterocycles. The van der Waals surface area contributed by atoms with E-state index in [1.807, 2.05) is 24.4 Å². The van der Waals surface area contributed by atoms with Crippen molar-refractivity contribution in [1.82, 2.24) is 4.57 Å². The van der Waals surface area contributed by atoms with Crippen molar-refractivity contribution in [1.29, 1.82) is 5.26 Å². The summed E-state index contributed by atoms with van der Waals surface area (Å²) in [5.41, 5.74) is 10.5. The third-order valence-corrected chi connectivity index (χ3v) is 4.68. The molecule has 0 radical (unpaired) electrons. The molecule has 0 aliphatic heterocycles. The van der Waals surface area contributed by atoms with Gasteiger partial charge in [0.15, 0.2) is 0 Å². The molecule has 1 aromatic heterocycles. The van der Waals surface area contributed by atoms with E-state index < -0.39 is 0 Å². The van der Waals surface area contributed by atoms with Crippen molar-refractivity contribution in [3.8, 4) is 11.8 Å². The summed E-state index contributed by atoms with van der Waals surface area (Å²) in [5.74, 6) is 0. The Bertz CT molecular complexity index is 737. The molecule has 0 spiro atoms. The normalized spacial score (nSPS) is 19.9. The van der Waals surface area contributed by atoms with Gasteiger partial charge in [-0.2, -0.15) is 5.26 Å². The van der Waals surface area contributed by atoms with Gasteiger partial charge in [-0.05, 0) is 48.1 Å². The van der Waals surface area contributed by atoms with Gasteiger partial charge in [-0.25, -0.2) is 0 Å². The number of fused-ring (bicyclic) bond motifs is 1. The van der Waals surface area contributed by atoms with E-state index in [0.717, 1.165) is 23.0 Å². The van der Waals surface area contributed by atoms with E-state index in [4.69, 9.17) is 5.73 Å². The number of nitrogens with two attached hydrogens (primary N) is 1. The topological polar surface area (TPSA) is 54.7 Å². The highest BCUT2D eigenvalue weighted by Gasteiger charge is 2.32. The number of hydrogen-bond acceptors (Lipinski definition) is 2. The molecule has 0 saturated carbocycles. The molecule has 3 nitrogen and oxygen atoms in total. The summed E-state index contributed by atoms with van der Waals surface area (Å²) < 4.78 is 3.10. The monoisotopic (exact) mass is 343 g/mol. The average molecular weight is 344 g/mol. The predicted octanol–water partition coefficient (Wildman–Crippen LogP) is 4.08. The van der Waals surface area contributed by atoms with Crippen LogP contribution >= 0.6 is 15.9 Å². The van der Waals surface area contributed by atoms with Crippen molar-refractivity contribution < 1.29 is 0 Å². The summed E-state index contributed by atoms with van der Waals surface area (Å²) in [4.78, 5) is 0. The van der Waals surface area contributed by atoms with Crippen LogP contribution in [-0.2, 0) is 6.42 Å². The van der Waals surface area contributed by atoms with Crippen molar-refractivity contribution in [2.75, 3.05) is 0 Å². The van der Waals surface area contributed by atoms with Gasteiger partial charge < -0.3 is 10.3 Å². The van der Waals surface area contributed by atoms with Crippen LogP contribution in [-0.4, -0.2) is 4.57 Å². The Hall–Kier alpha value is -1.57. The fraction of sp³-hybridized carbons (Fsp3) is 0.353. The average Bonchev–Trinajstić information content (AvgIpc) is 2.80. The van der Waals surface area contributed by atoms with Crippen molar-refractivity contribution in [2.24, 2.45) is 11.1 Å². The SMILES string of the molecule is CC1(C)Cc2c(ccn2-c2cc(Br)ccc2C#N)C(N)C1. The number of benzene rings is 1. The second-order valence-electron chi connectivity index (χ2n) is 6.51. The fourth-order valence-corrected chi connectivity index (χ4v) is 3.61. The fourth-order valence-electron chi connectivity index (χ4n) is 3.26. The molecule has 0 bridgehead atoms. The van der Waals surface area contributed by atoms with Gasteiger partial charge in [0.05, 0.1) is 11.3 Å². The van der Waals surface area contributed by atoms with Crippen LogP contribution in [0, 0.1) is 16.7 Å². The number of nitriles is 1. The molecule has 0 amide bonds. The third kappa shape index (κ3) is 2.52. The summed E-state index contributed by atoms with van der Waals surface area (Å²) in [6.45, 7) is 4.50. The maximum atomic E-state index is 9.36. The first-order valence-corrected chi connectivity index (χ1v) is 7.86. The molecule has 1 unspecified atom stereocenters. The number of rotatable bonds is 1. The molecule has 21 heavy (non-hydrogen) atoms. The van der Waals surface area contributed by atoms with Crippen molar-refractivity contribution >= 4 is 15.9 Å². The first-order valence-electron chi connectivity index (χ1n) is 7.07. The highest BCUT2D eigenvalue weighted by molar-refractivity contribution is 9.10. The standard InChI is InChI=1S/C17H18BrN3/c1-17(2)8-14(20)13-5-6-21(16(13)9-17)15-7-12(18)4-3-11(15)10-19/h3-7,14H,8-9,20H2,1-2H3. The van der Waals surface area contributed by atoms with Crippen LogP contribution in [0.3, 0.4) is 0 Å². The number of nitrogens with zero attached hydrogens (tertiary/aromatic N) is 2. The summed E-state index contributed by atoms with van der Waals surface area (Å²) in [5, 5.41) is 9.36. The summed E-state index contributed by atoms with van der Waals surface area (Å²) >= 11 is 3.49. The second-order valence-corrected chi connectivity index (χ2v) is 7.43. The van der Waals surface area contributed by atoms with E-state index >= 15 is 0 Å². The van der Waals surface area contributed by atoms with Crippen molar-refractivity contribution in [3.05, 3.63) is 51.8 Å². The lowest BCUT2D eigenvalue weighted by Crippen LogP contribution is -2.30. The minimum Gasteiger partial charge on any atom is -0.324 e. The molecule has 1 atom stereocenters. The molecule has 108 valence electrons. The molecule has 3 rings (SSSR count). The molecule has 4 heteroatoms. The van der Waals surface area contributed by atoms with Gasteiger partial charge in [0.2, 0.25) is 0 Å². The first-order chi connectivity index (χ1) is 9.91. The van der Waals surface area contributed by atoms with Gasteiger partial charge >= 0.3 is 0 Å². The largest absolute Gasteiger partial charge is 0.324 e. The zero-order chi connectivity index (χ0) is 15.2. The van der Waals surface area contributed by atoms with Crippen LogP contribution < -0.4 is 5.73 Å². The van der Waals surface area contributed by atoms with E-state index in [9.17, 15) is 5.26 Å². The lowest BCUT2D eigenvalue weighted by atomic mass is 9.74. The van der Waals surface area contributed by atoms with E-state index in [-0.39, 0.29) is 11.5 Å². The number of aromatic nitrogens is 1. The third-order valence-electron chi connectivity index (χ3n) is 4.18. The van der Waals surface area contributed by atoms with Crippen molar-refractivity contribution in [3.63, 3.8) is 0 Å². The number of hydrogen-bond donors (Lipinski definition) is 1. The Morgan fingerprint density at radius 2 is 2.14 bits per heavy atom. The smallest absolute Gasteiger partial charge is 0.101 e. The summed E-state index contributed by atoms with van der Waals surface area (Å²) in [6, 6.07) is 10.2. The number of halogens is 1. The predicted molar refractivity (Wildman–Crippen MR) is 87.2 cm³/mol. The zero-order valence-electron chi connectivity index (χ0n) is 12.2. The summed E-state index contributed by atoms with van der Waals surface area (Å²) in [7, 11) is 0. The van der Waals surface area contributed by atoms with E-state index in [1.165, 1.54) is 11.3 Å². The Kier molecular flexibility index (Phi) is 3.43. The Labute approximate surface area is 133 Å². The summed E-state index contributed by atoms with van der Waals surface area (Å²) in [6.07, 6.45) is 4.00. The molecule has 1 aliphatic rings. The van der Waals surface area contributed by atoms with E-state index in [2.05, 4.69) is 46.5 Å². The molecule has 1 heterocycles. The van der Waals surface area contributed by atoms with Gasteiger partial charge in [0, 0.05) is 22.4 Å². The molecule has 2 N–H and O–H groups in total. The van der Waals surface area contributed by atoms with Crippen LogP contribution in [0.2, 0.25) is 0 Å². The maximum Gasteiger partial charge on any atom is 0.101 e. The Morgan fingerprint density at radius 3 is 2.86 bits per heavy atom. The quantitative estimate of drug-likeness (QED) is 0.847. The van der Waals surface area contributed by atoms with Crippen molar-refractivity contribution in [2.45, 2.75) is 32.7 Å². The molecular formula is C17H18BrN3. The molecule has 1 aromatic carbocycles. The maximum absolute atomic E-state index is 9.36. The molecule has 0 fully saturated rings.